The summed E-state index contributed by atoms with van der Waals surface area (Å²) in [6.07, 6.45) is 1.62. The molecule has 1 unspecified atom stereocenters. The van der Waals surface area contributed by atoms with E-state index in [9.17, 15) is 5.11 Å². The molecule has 0 saturated carbocycles. The van der Waals surface area contributed by atoms with E-state index in [1.54, 1.807) is 18.2 Å². The molecule has 0 fully saturated rings. The van der Waals surface area contributed by atoms with Gasteiger partial charge in [0.15, 0.2) is 0 Å². The first-order chi connectivity index (χ1) is 9.20. The molecule has 2 rings (SSSR count). The van der Waals surface area contributed by atoms with Gasteiger partial charge in [0.25, 0.3) is 0 Å². The van der Waals surface area contributed by atoms with Crippen LogP contribution in [0.15, 0.2) is 48.5 Å². The monoisotopic (exact) mass is 257 g/mol. The Morgan fingerprint density at radius 2 is 1.74 bits per heavy atom. The number of aliphatic hydroxyl groups is 1. The second-order valence-electron chi connectivity index (χ2n) is 4.68. The van der Waals surface area contributed by atoms with Gasteiger partial charge in [-0.25, -0.2) is 0 Å². The molecular formula is C16H19NO2. The smallest absolute Gasteiger partial charge is 0.120 e. The molecule has 100 valence electrons. The van der Waals surface area contributed by atoms with Crippen LogP contribution in [-0.4, -0.2) is 10.2 Å². The lowest BCUT2D eigenvalue weighted by Crippen LogP contribution is -2.12. The van der Waals surface area contributed by atoms with E-state index in [0.29, 0.717) is 5.56 Å². The van der Waals surface area contributed by atoms with Gasteiger partial charge in [-0.2, -0.15) is 0 Å². The van der Waals surface area contributed by atoms with Crippen LogP contribution in [-0.2, 0) is 13.0 Å². The average Bonchev–Trinajstić information content (AvgIpc) is 2.46. The van der Waals surface area contributed by atoms with Crippen LogP contribution in [0.5, 0.6) is 5.75 Å². The highest BCUT2D eigenvalue weighted by Gasteiger charge is 2.11. The summed E-state index contributed by atoms with van der Waals surface area (Å²) in [5.74, 6) is 0.192. The predicted molar refractivity (Wildman–Crippen MR) is 75.7 cm³/mol. The van der Waals surface area contributed by atoms with Crippen molar-refractivity contribution in [1.82, 2.24) is 0 Å². The Bertz CT molecular complexity index is 526. The summed E-state index contributed by atoms with van der Waals surface area (Å²) in [5.41, 5.74) is 8.82. The molecule has 3 heteroatoms. The fourth-order valence-corrected chi connectivity index (χ4v) is 2.12. The Labute approximate surface area is 113 Å². The van der Waals surface area contributed by atoms with E-state index >= 15 is 0 Å². The van der Waals surface area contributed by atoms with Crippen molar-refractivity contribution in [2.45, 2.75) is 25.5 Å². The fourth-order valence-electron chi connectivity index (χ4n) is 2.12. The van der Waals surface area contributed by atoms with Crippen molar-refractivity contribution >= 4 is 0 Å². The summed E-state index contributed by atoms with van der Waals surface area (Å²) in [5, 5.41) is 19.0. The molecule has 0 aliphatic heterocycles. The first-order valence-corrected chi connectivity index (χ1v) is 6.43. The molecule has 4 N–H and O–H groups in total. The number of nitrogens with two attached hydrogens (primary N) is 1. The van der Waals surface area contributed by atoms with Gasteiger partial charge in [-0.3, -0.25) is 0 Å². The average molecular weight is 257 g/mol. The highest BCUT2D eigenvalue weighted by molar-refractivity contribution is 5.38. The fraction of sp³-hybridized carbons (Fsp3) is 0.250. The molecule has 0 radical (unpaired) electrons. The molecule has 0 bridgehead atoms. The molecule has 1 atom stereocenters. The Morgan fingerprint density at radius 3 is 2.42 bits per heavy atom. The van der Waals surface area contributed by atoms with Gasteiger partial charge in [-0.15, -0.1) is 0 Å². The van der Waals surface area contributed by atoms with Crippen molar-refractivity contribution in [3.63, 3.8) is 0 Å². The maximum absolute atomic E-state index is 9.84. The van der Waals surface area contributed by atoms with E-state index in [0.717, 1.165) is 18.4 Å². The van der Waals surface area contributed by atoms with Gasteiger partial charge >= 0.3 is 0 Å². The molecule has 0 saturated heterocycles. The number of benzene rings is 2. The summed E-state index contributed by atoms with van der Waals surface area (Å²) in [6, 6.07) is 15.0. The first kappa shape index (κ1) is 13.6. The van der Waals surface area contributed by atoms with Crippen LogP contribution in [0.25, 0.3) is 0 Å². The lowest BCUT2D eigenvalue weighted by Gasteiger charge is -2.14. The number of rotatable bonds is 5. The molecule has 3 nitrogen and oxygen atoms in total. The minimum atomic E-state index is -0.230. The lowest BCUT2D eigenvalue weighted by molar-refractivity contribution is 0.281. The number of aryl methyl sites for hydroxylation is 1. The van der Waals surface area contributed by atoms with E-state index in [-0.39, 0.29) is 18.4 Å². The molecule has 0 aliphatic carbocycles. The SMILES string of the molecule is NC(CCc1ccccc1)c1cc(CO)ccc1O. The van der Waals surface area contributed by atoms with Crippen LogP contribution >= 0.6 is 0 Å². The molecule has 2 aromatic carbocycles. The van der Waals surface area contributed by atoms with Gasteiger partial charge < -0.3 is 15.9 Å². The molecule has 0 heterocycles. The highest BCUT2D eigenvalue weighted by atomic mass is 16.3. The normalized spacial score (nSPS) is 12.3. The van der Waals surface area contributed by atoms with Crippen LogP contribution in [0.4, 0.5) is 0 Å². The first-order valence-electron chi connectivity index (χ1n) is 6.43. The van der Waals surface area contributed by atoms with E-state index in [2.05, 4.69) is 12.1 Å². The zero-order valence-corrected chi connectivity index (χ0v) is 10.8. The summed E-state index contributed by atoms with van der Waals surface area (Å²) in [4.78, 5) is 0. The van der Waals surface area contributed by atoms with Gasteiger partial charge in [0.2, 0.25) is 0 Å². The maximum Gasteiger partial charge on any atom is 0.120 e. The number of hydrogen-bond acceptors (Lipinski definition) is 3. The third-order valence-corrected chi connectivity index (χ3v) is 3.26. The van der Waals surface area contributed by atoms with Gasteiger partial charge in [-0.05, 0) is 36.1 Å². The number of aromatic hydroxyl groups is 1. The van der Waals surface area contributed by atoms with E-state index in [1.165, 1.54) is 5.56 Å². The second kappa shape index (κ2) is 6.36. The quantitative estimate of drug-likeness (QED) is 0.771. The van der Waals surface area contributed by atoms with E-state index < -0.39 is 0 Å². The van der Waals surface area contributed by atoms with Crippen LogP contribution in [0, 0.1) is 0 Å². The van der Waals surface area contributed by atoms with E-state index in [4.69, 9.17) is 10.8 Å². The number of aliphatic hydroxyl groups excluding tert-OH is 1. The molecule has 0 spiro atoms. The third kappa shape index (κ3) is 3.56. The maximum atomic E-state index is 9.84. The van der Waals surface area contributed by atoms with Crippen molar-refractivity contribution in [1.29, 1.82) is 0 Å². The van der Waals surface area contributed by atoms with Crippen LogP contribution in [0.3, 0.4) is 0 Å². The number of phenols is 1. The highest BCUT2D eigenvalue weighted by Crippen LogP contribution is 2.26. The van der Waals surface area contributed by atoms with Crippen molar-refractivity contribution in [2.75, 3.05) is 0 Å². The molecule has 0 aromatic heterocycles. The lowest BCUT2D eigenvalue weighted by atomic mass is 9.97. The second-order valence-corrected chi connectivity index (χ2v) is 4.68. The zero-order valence-electron chi connectivity index (χ0n) is 10.8. The third-order valence-electron chi connectivity index (χ3n) is 3.26. The zero-order chi connectivity index (χ0) is 13.7. The Balaban J connectivity index is 2.05. The summed E-state index contributed by atoms with van der Waals surface area (Å²) in [7, 11) is 0. The standard InChI is InChI=1S/C16H19NO2/c17-15(8-6-12-4-2-1-3-5-12)14-10-13(11-18)7-9-16(14)19/h1-5,7,9-10,15,18-19H,6,8,11,17H2. The van der Waals surface area contributed by atoms with Crippen molar-refractivity contribution in [2.24, 2.45) is 5.73 Å². The van der Waals surface area contributed by atoms with E-state index in [1.807, 2.05) is 18.2 Å². The van der Waals surface area contributed by atoms with Crippen molar-refractivity contribution in [3.05, 3.63) is 65.2 Å². The van der Waals surface area contributed by atoms with Gasteiger partial charge in [0.05, 0.1) is 6.61 Å². The Morgan fingerprint density at radius 1 is 1.00 bits per heavy atom. The largest absolute Gasteiger partial charge is 0.508 e. The van der Waals surface area contributed by atoms with Crippen molar-refractivity contribution < 1.29 is 10.2 Å². The van der Waals surface area contributed by atoms with Crippen LogP contribution in [0.2, 0.25) is 0 Å². The summed E-state index contributed by atoms with van der Waals surface area (Å²) >= 11 is 0. The van der Waals surface area contributed by atoms with Gasteiger partial charge in [-0.1, -0.05) is 36.4 Å². The van der Waals surface area contributed by atoms with Gasteiger partial charge in [0.1, 0.15) is 5.75 Å². The molecule has 0 aliphatic rings. The Kier molecular flexibility index (Phi) is 4.55. The van der Waals surface area contributed by atoms with Gasteiger partial charge in [0, 0.05) is 11.6 Å². The summed E-state index contributed by atoms with van der Waals surface area (Å²) in [6.45, 7) is -0.0430. The minimum Gasteiger partial charge on any atom is -0.508 e. The summed E-state index contributed by atoms with van der Waals surface area (Å²) < 4.78 is 0. The van der Waals surface area contributed by atoms with Crippen molar-refractivity contribution in [3.8, 4) is 5.75 Å². The number of phenolic OH excluding ortho intramolecular Hbond substituents is 1. The molecule has 19 heavy (non-hydrogen) atoms. The molecule has 2 aromatic rings. The molecule has 0 amide bonds. The number of hydrogen-bond donors (Lipinski definition) is 3. The topological polar surface area (TPSA) is 66.5 Å². The molecular weight excluding hydrogens is 238 g/mol. The Hall–Kier alpha value is -1.84. The predicted octanol–water partition coefficient (Wildman–Crippen LogP) is 2.52. The van der Waals surface area contributed by atoms with Crippen LogP contribution < -0.4 is 5.73 Å². The van der Waals surface area contributed by atoms with Crippen LogP contribution in [0.1, 0.15) is 29.2 Å². The minimum absolute atomic E-state index is 0.0430.